The molecule has 90 valence electrons. The number of nitrogens with zero attached hydrogens (tertiary/aromatic N) is 4. The van der Waals surface area contributed by atoms with Crippen LogP contribution in [0.25, 0.3) is 11.3 Å². The van der Waals surface area contributed by atoms with Crippen LogP contribution in [0.1, 0.15) is 5.56 Å². The quantitative estimate of drug-likeness (QED) is 0.721. The van der Waals surface area contributed by atoms with Gasteiger partial charge in [0.15, 0.2) is 5.15 Å². The van der Waals surface area contributed by atoms with Crippen LogP contribution in [0.4, 0.5) is 0 Å². The Balaban J connectivity index is 1.84. The fourth-order valence-electron chi connectivity index (χ4n) is 1.42. The topological polar surface area (TPSA) is 73.9 Å². The lowest BCUT2D eigenvalue weighted by Crippen LogP contribution is -1.99. The van der Waals surface area contributed by atoms with E-state index in [2.05, 4.69) is 24.9 Å². The summed E-state index contributed by atoms with van der Waals surface area (Å²) < 4.78 is 9.98. The van der Waals surface area contributed by atoms with Crippen LogP contribution in [0.15, 0.2) is 35.0 Å². The number of hydrogen-bond donors (Lipinski definition) is 0. The van der Waals surface area contributed by atoms with Gasteiger partial charge in [-0.05, 0) is 15.9 Å². The average molecular weight is 263 g/mol. The van der Waals surface area contributed by atoms with Crippen LogP contribution < -0.4 is 4.74 Å². The maximum Gasteiger partial charge on any atom is 0.254 e. The van der Waals surface area contributed by atoms with E-state index < -0.39 is 0 Å². The highest BCUT2D eigenvalue weighted by Crippen LogP contribution is 2.22. The smallest absolute Gasteiger partial charge is 0.254 e. The number of halogens is 1. The van der Waals surface area contributed by atoms with Gasteiger partial charge in [0, 0.05) is 0 Å². The first-order valence-corrected chi connectivity index (χ1v) is 5.53. The van der Waals surface area contributed by atoms with Crippen molar-refractivity contribution in [2.75, 3.05) is 0 Å². The molecular formula is C11H7ClN4O2. The number of fused-ring (bicyclic) bond motifs is 1. The molecule has 0 bridgehead atoms. The molecule has 0 aliphatic rings. The van der Waals surface area contributed by atoms with E-state index in [1.807, 2.05) is 30.3 Å². The van der Waals surface area contributed by atoms with Crippen molar-refractivity contribution in [2.24, 2.45) is 0 Å². The Labute approximate surface area is 107 Å². The average Bonchev–Trinajstić information content (AvgIpc) is 2.84. The molecule has 0 fully saturated rings. The summed E-state index contributed by atoms with van der Waals surface area (Å²) in [6.07, 6.45) is 0. The Kier molecular flexibility index (Phi) is 2.77. The van der Waals surface area contributed by atoms with E-state index in [4.69, 9.17) is 16.3 Å². The Morgan fingerprint density at radius 1 is 1.06 bits per heavy atom. The summed E-state index contributed by atoms with van der Waals surface area (Å²) in [4.78, 5) is 8.02. The standard InChI is InChI=1S/C11H7ClN4O2/c12-8-11(14-10-9(13-8)15-18-16-10)17-6-7-4-2-1-3-5-7/h1-5H,6H2. The minimum atomic E-state index is 0.133. The van der Waals surface area contributed by atoms with Crippen LogP contribution in [0.2, 0.25) is 5.15 Å². The van der Waals surface area contributed by atoms with Gasteiger partial charge in [0.25, 0.3) is 5.88 Å². The lowest BCUT2D eigenvalue weighted by Gasteiger charge is -2.05. The molecule has 0 atom stereocenters. The van der Waals surface area contributed by atoms with Crippen LogP contribution in [0.5, 0.6) is 5.88 Å². The molecule has 0 aliphatic carbocycles. The lowest BCUT2D eigenvalue weighted by molar-refractivity contribution is 0.293. The maximum absolute atomic E-state index is 5.92. The fraction of sp³-hybridized carbons (Fsp3) is 0.0909. The molecule has 7 heteroatoms. The Morgan fingerprint density at radius 3 is 2.56 bits per heavy atom. The summed E-state index contributed by atoms with van der Waals surface area (Å²) >= 11 is 5.92. The van der Waals surface area contributed by atoms with Crippen molar-refractivity contribution in [3.05, 3.63) is 41.0 Å². The van der Waals surface area contributed by atoms with E-state index in [0.717, 1.165) is 5.56 Å². The van der Waals surface area contributed by atoms with Gasteiger partial charge in [0.1, 0.15) is 6.61 Å². The van der Waals surface area contributed by atoms with Crippen LogP contribution in [-0.4, -0.2) is 20.3 Å². The van der Waals surface area contributed by atoms with Gasteiger partial charge in [-0.3, -0.25) is 0 Å². The van der Waals surface area contributed by atoms with Gasteiger partial charge in [-0.2, -0.15) is 4.98 Å². The monoisotopic (exact) mass is 262 g/mol. The van der Waals surface area contributed by atoms with Crippen LogP contribution >= 0.6 is 11.6 Å². The Hall–Kier alpha value is -2.21. The minimum Gasteiger partial charge on any atom is -0.471 e. The molecule has 0 N–H and O–H groups in total. The van der Waals surface area contributed by atoms with Crippen molar-refractivity contribution < 1.29 is 9.37 Å². The van der Waals surface area contributed by atoms with Crippen LogP contribution in [0, 0.1) is 0 Å². The molecule has 18 heavy (non-hydrogen) atoms. The first-order valence-electron chi connectivity index (χ1n) is 5.15. The van der Waals surface area contributed by atoms with Crippen molar-refractivity contribution in [3.63, 3.8) is 0 Å². The fourth-order valence-corrected chi connectivity index (χ4v) is 1.60. The van der Waals surface area contributed by atoms with Crippen molar-refractivity contribution in [3.8, 4) is 5.88 Å². The molecule has 1 aromatic carbocycles. The molecule has 0 saturated heterocycles. The second-order valence-corrected chi connectivity index (χ2v) is 3.86. The highest BCUT2D eigenvalue weighted by Gasteiger charge is 2.11. The third-order valence-corrected chi connectivity index (χ3v) is 2.51. The zero-order valence-corrected chi connectivity index (χ0v) is 9.83. The molecule has 2 heterocycles. The van der Waals surface area contributed by atoms with Gasteiger partial charge < -0.3 is 4.74 Å². The molecule has 0 saturated carbocycles. The molecule has 3 rings (SSSR count). The lowest BCUT2D eigenvalue weighted by atomic mass is 10.2. The van der Waals surface area contributed by atoms with Gasteiger partial charge in [-0.25, -0.2) is 9.61 Å². The second-order valence-electron chi connectivity index (χ2n) is 3.51. The van der Waals surface area contributed by atoms with Gasteiger partial charge in [-0.1, -0.05) is 41.9 Å². The van der Waals surface area contributed by atoms with Gasteiger partial charge in [-0.15, -0.1) is 0 Å². The van der Waals surface area contributed by atoms with E-state index in [0.29, 0.717) is 6.61 Å². The third kappa shape index (κ3) is 2.10. The normalized spacial score (nSPS) is 10.7. The predicted octanol–water partition coefficient (Wildman–Crippen LogP) is 2.25. The zero-order chi connectivity index (χ0) is 12.4. The molecule has 0 aliphatic heterocycles. The van der Waals surface area contributed by atoms with Gasteiger partial charge >= 0.3 is 0 Å². The maximum atomic E-state index is 5.92. The van der Waals surface area contributed by atoms with Crippen molar-refractivity contribution >= 4 is 22.9 Å². The van der Waals surface area contributed by atoms with E-state index >= 15 is 0 Å². The predicted molar refractivity (Wildman–Crippen MR) is 63.2 cm³/mol. The van der Waals surface area contributed by atoms with Crippen LogP contribution in [-0.2, 0) is 6.61 Å². The molecule has 0 spiro atoms. The number of aromatic nitrogens is 4. The molecule has 0 radical (unpaired) electrons. The van der Waals surface area contributed by atoms with Gasteiger partial charge in [0.2, 0.25) is 11.3 Å². The van der Waals surface area contributed by atoms with Crippen molar-refractivity contribution in [1.82, 2.24) is 20.3 Å². The summed E-state index contributed by atoms with van der Waals surface area (Å²) in [6.45, 7) is 0.353. The van der Waals surface area contributed by atoms with Crippen molar-refractivity contribution in [1.29, 1.82) is 0 Å². The third-order valence-electron chi connectivity index (χ3n) is 2.26. The number of ether oxygens (including phenoxy) is 1. The highest BCUT2D eigenvalue weighted by molar-refractivity contribution is 6.30. The molecule has 0 amide bonds. The minimum absolute atomic E-state index is 0.133. The summed E-state index contributed by atoms with van der Waals surface area (Å²) in [5.41, 5.74) is 1.53. The summed E-state index contributed by atoms with van der Waals surface area (Å²) in [7, 11) is 0. The molecule has 0 unspecified atom stereocenters. The molecule has 3 aromatic rings. The largest absolute Gasteiger partial charge is 0.471 e. The first-order chi connectivity index (χ1) is 8.83. The SMILES string of the molecule is Clc1nc2nonc2nc1OCc1ccccc1. The molecule has 6 nitrogen and oxygen atoms in total. The van der Waals surface area contributed by atoms with Crippen LogP contribution in [0.3, 0.4) is 0 Å². The molecule has 2 aromatic heterocycles. The summed E-state index contributed by atoms with van der Waals surface area (Å²) in [5, 5.41) is 7.25. The summed E-state index contributed by atoms with van der Waals surface area (Å²) in [6, 6.07) is 9.67. The van der Waals surface area contributed by atoms with E-state index in [9.17, 15) is 0 Å². The molecular weight excluding hydrogens is 256 g/mol. The van der Waals surface area contributed by atoms with E-state index in [1.165, 1.54) is 0 Å². The van der Waals surface area contributed by atoms with E-state index in [1.54, 1.807) is 0 Å². The number of benzene rings is 1. The van der Waals surface area contributed by atoms with Gasteiger partial charge in [0.05, 0.1) is 0 Å². The highest BCUT2D eigenvalue weighted by atomic mass is 35.5. The zero-order valence-electron chi connectivity index (χ0n) is 9.08. The van der Waals surface area contributed by atoms with Crippen molar-refractivity contribution in [2.45, 2.75) is 6.61 Å². The summed E-state index contributed by atoms with van der Waals surface area (Å²) in [5.74, 6) is 0.212. The Bertz CT molecular complexity index is 671. The second kappa shape index (κ2) is 4.58. The number of rotatable bonds is 3. The Morgan fingerprint density at radius 2 is 1.78 bits per heavy atom. The first kappa shape index (κ1) is 10.9. The van der Waals surface area contributed by atoms with E-state index in [-0.39, 0.29) is 22.3 Å². The number of hydrogen-bond acceptors (Lipinski definition) is 6.